The minimum atomic E-state index is -0.193. The minimum Gasteiger partial charge on any atom is -0.373 e. The Hall–Kier alpha value is -2.95. The molecule has 2 aromatic heterocycles. The summed E-state index contributed by atoms with van der Waals surface area (Å²) < 4.78 is 0. The predicted octanol–water partition coefficient (Wildman–Crippen LogP) is 2.92. The molecule has 1 aromatic carbocycles. The van der Waals surface area contributed by atoms with Crippen molar-refractivity contribution in [1.82, 2.24) is 9.97 Å². The van der Waals surface area contributed by atoms with E-state index in [0.717, 1.165) is 22.3 Å². The Labute approximate surface area is 122 Å². The second kappa shape index (κ2) is 5.58. The topological polar surface area (TPSA) is 66.9 Å². The summed E-state index contributed by atoms with van der Waals surface area (Å²) in [5.41, 5.74) is 1.25. The molecule has 2 heterocycles. The fourth-order valence-corrected chi connectivity index (χ4v) is 2.09. The van der Waals surface area contributed by atoms with Crippen LogP contribution in [-0.4, -0.2) is 22.9 Å². The maximum Gasteiger partial charge on any atom is 0.257 e. The zero-order valence-electron chi connectivity index (χ0n) is 11.5. The molecular weight excluding hydrogens is 264 g/mol. The van der Waals surface area contributed by atoms with Gasteiger partial charge in [0.15, 0.2) is 0 Å². The van der Waals surface area contributed by atoms with Gasteiger partial charge in [-0.3, -0.25) is 9.78 Å². The summed E-state index contributed by atoms with van der Waals surface area (Å²) in [7, 11) is 1.78. The van der Waals surface area contributed by atoms with E-state index in [1.807, 2.05) is 24.3 Å². The van der Waals surface area contributed by atoms with Crippen molar-refractivity contribution < 1.29 is 4.79 Å². The van der Waals surface area contributed by atoms with Crippen LogP contribution in [0.4, 0.5) is 11.5 Å². The number of pyridine rings is 2. The number of rotatable bonds is 3. The summed E-state index contributed by atoms with van der Waals surface area (Å²) in [5.74, 6) is 0.530. The molecule has 0 aliphatic carbocycles. The second-order valence-corrected chi connectivity index (χ2v) is 4.54. The predicted molar refractivity (Wildman–Crippen MR) is 83.5 cm³/mol. The maximum absolute atomic E-state index is 12.3. The van der Waals surface area contributed by atoms with Crippen molar-refractivity contribution in [3.05, 3.63) is 60.6 Å². The van der Waals surface area contributed by atoms with Gasteiger partial charge in [0.1, 0.15) is 5.82 Å². The van der Waals surface area contributed by atoms with Gasteiger partial charge in [0.25, 0.3) is 5.91 Å². The fourth-order valence-electron chi connectivity index (χ4n) is 2.09. The normalized spacial score (nSPS) is 10.3. The summed E-state index contributed by atoms with van der Waals surface area (Å²) >= 11 is 0. The van der Waals surface area contributed by atoms with Crippen LogP contribution in [0, 0.1) is 0 Å². The minimum absolute atomic E-state index is 0.193. The van der Waals surface area contributed by atoms with E-state index in [1.54, 1.807) is 37.8 Å². The summed E-state index contributed by atoms with van der Waals surface area (Å²) in [6.07, 6.45) is 5.02. The van der Waals surface area contributed by atoms with Gasteiger partial charge in [-0.05, 0) is 29.7 Å². The second-order valence-electron chi connectivity index (χ2n) is 4.54. The molecule has 3 aromatic rings. The van der Waals surface area contributed by atoms with E-state index >= 15 is 0 Å². The molecular formula is C16H14N4O. The van der Waals surface area contributed by atoms with E-state index in [9.17, 15) is 4.79 Å². The molecule has 1 amide bonds. The zero-order chi connectivity index (χ0) is 14.7. The van der Waals surface area contributed by atoms with Crippen LogP contribution in [-0.2, 0) is 0 Å². The molecule has 3 rings (SSSR count). The maximum atomic E-state index is 12.3. The first-order valence-corrected chi connectivity index (χ1v) is 6.56. The van der Waals surface area contributed by atoms with Crippen LogP contribution in [0.2, 0.25) is 0 Å². The molecule has 0 radical (unpaired) electrons. The summed E-state index contributed by atoms with van der Waals surface area (Å²) in [6, 6.07) is 11.2. The van der Waals surface area contributed by atoms with E-state index in [4.69, 9.17) is 0 Å². The molecule has 0 saturated carbocycles. The largest absolute Gasteiger partial charge is 0.373 e. The highest BCUT2D eigenvalue weighted by Crippen LogP contribution is 2.22. The van der Waals surface area contributed by atoms with Crippen LogP contribution in [0.15, 0.2) is 55.0 Å². The molecule has 0 saturated heterocycles. The van der Waals surface area contributed by atoms with Crippen LogP contribution >= 0.6 is 0 Å². The Morgan fingerprint density at radius 2 is 2.00 bits per heavy atom. The monoisotopic (exact) mass is 278 g/mol. The molecule has 0 unspecified atom stereocenters. The third-order valence-corrected chi connectivity index (χ3v) is 3.21. The zero-order valence-corrected chi connectivity index (χ0v) is 11.5. The Balaban J connectivity index is 1.89. The Bertz CT molecular complexity index is 778. The smallest absolute Gasteiger partial charge is 0.257 e. The van der Waals surface area contributed by atoms with Crippen molar-refractivity contribution in [1.29, 1.82) is 0 Å². The Morgan fingerprint density at radius 1 is 1.10 bits per heavy atom. The highest BCUT2D eigenvalue weighted by molar-refractivity contribution is 6.08. The number of nitrogens with zero attached hydrogens (tertiary/aromatic N) is 2. The van der Waals surface area contributed by atoms with E-state index in [-0.39, 0.29) is 5.91 Å². The first-order chi connectivity index (χ1) is 10.3. The molecule has 21 heavy (non-hydrogen) atoms. The summed E-state index contributed by atoms with van der Waals surface area (Å²) in [6.45, 7) is 0. The first kappa shape index (κ1) is 13.1. The average Bonchev–Trinajstić information content (AvgIpc) is 2.55. The van der Waals surface area contributed by atoms with Gasteiger partial charge in [0.05, 0.1) is 11.3 Å². The SMILES string of the molecule is CNc1ccc(C(=O)Nc2cccc3ccncc23)cn1. The number of anilines is 2. The molecule has 104 valence electrons. The van der Waals surface area contributed by atoms with Crippen LogP contribution in [0.1, 0.15) is 10.4 Å². The van der Waals surface area contributed by atoms with E-state index in [0.29, 0.717) is 5.56 Å². The number of fused-ring (bicyclic) bond motifs is 1. The lowest BCUT2D eigenvalue weighted by atomic mass is 10.1. The average molecular weight is 278 g/mol. The Morgan fingerprint density at radius 3 is 2.76 bits per heavy atom. The van der Waals surface area contributed by atoms with Gasteiger partial charge in [-0.2, -0.15) is 0 Å². The van der Waals surface area contributed by atoms with Crippen molar-refractivity contribution >= 4 is 28.2 Å². The van der Waals surface area contributed by atoms with Gasteiger partial charge in [0, 0.05) is 31.0 Å². The number of hydrogen-bond acceptors (Lipinski definition) is 4. The van der Waals surface area contributed by atoms with Gasteiger partial charge >= 0.3 is 0 Å². The van der Waals surface area contributed by atoms with Crippen LogP contribution in [0.25, 0.3) is 10.8 Å². The molecule has 0 aliphatic rings. The Kier molecular flexibility index (Phi) is 3.47. The van der Waals surface area contributed by atoms with Gasteiger partial charge in [0.2, 0.25) is 0 Å². The number of nitrogens with one attached hydrogen (secondary N) is 2. The third kappa shape index (κ3) is 2.67. The molecule has 5 nitrogen and oxygen atoms in total. The molecule has 0 bridgehead atoms. The molecule has 0 fully saturated rings. The van der Waals surface area contributed by atoms with E-state index in [1.165, 1.54) is 0 Å². The van der Waals surface area contributed by atoms with Crippen molar-refractivity contribution in [3.8, 4) is 0 Å². The van der Waals surface area contributed by atoms with Crippen molar-refractivity contribution in [3.63, 3.8) is 0 Å². The molecule has 0 spiro atoms. The third-order valence-electron chi connectivity index (χ3n) is 3.21. The van der Waals surface area contributed by atoms with Gasteiger partial charge < -0.3 is 10.6 Å². The lowest BCUT2D eigenvalue weighted by Crippen LogP contribution is -2.12. The van der Waals surface area contributed by atoms with E-state index < -0.39 is 0 Å². The number of carbonyl (C=O) groups excluding carboxylic acids is 1. The quantitative estimate of drug-likeness (QED) is 0.773. The first-order valence-electron chi connectivity index (χ1n) is 6.56. The highest BCUT2D eigenvalue weighted by Gasteiger charge is 2.08. The standard InChI is InChI=1S/C16H14N4O/c1-17-15-6-5-12(9-19-15)16(21)20-14-4-2-3-11-7-8-18-10-13(11)14/h2-10H,1H3,(H,17,19)(H,20,21). The lowest BCUT2D eigenvalue weighted by Gasteiger charge is -2.08. The van der Waals surface area contributed by atoms with Crippen LogP contribution in [0.5, 0.6) is 0 Å². The molecule has 2 N–H and O–H groups in total. The van der Waals surface area contributed by atoms with Crippen molar-refractivity contribution in [2.45, 2.75) is 0 Å². The molecule has 0 atom stereocenters. The summed E-state index contributed by atoms with van der Waals surface area (Å²) in [5, 5.41) is 7.76. The lowest BCUT2D eigenvalue weighted by molar-refractivity contribution is 0.102. The summed E-state index contributed by atoms with van der Waals surface area (Å²) in [4.78, 5) is 20.5. The number of hydrogen-bond donors (Lipinski definition) is 2. The van der Waals surface area contributed by atoms with Gasteiger partial charge in [-0.15, -0.1) is 0 Å². The van der Waals surface area contributed by atoms with Crippen LogP contribution in [0.3, 0.4) is 0 Å². The highest BCUT2D eigenvalue weighted by atomic mass is 16.1. The fraction of sp³-hybridized carbons (Fsp3) is 0.0625. The number of aromatic nitrogens is 2. The van der Waals surface area contributed by atoms with Crippen LogP contribution < -0.4 is 10.6 Å². The van der Waals surface area contributed by atoms with Gasteiger partial charge in [-0.25, -0.2) is 4.98 Å². The van der Waals surface area contributed by atoms with Crippen molar-refractivity contribution in [2.24, 2.45) is 0 Å². The van der Waals surface area contributed by atoms with Crippen molar-refractivity contribution in [2.75, 3.05) is 17.7 Å². The number of benzene rings is 1. The number of carbonyl (C=O) groups is 1. The number of amides is 1. The van der Waals surface area contributed by atoms with Gasteiger partial charge in [-0.1, -0.05) is 12.1 Å². The van der Waals surface area contributed by atoms with E-state index in [2.05, 4.69) is 20.6 Å². The molecule has 5 heteroatoms. The molecule has 0 aliphatic heterocycles.